The van der Waals surface area contributed by atoms with Gasteiger partial charge in [0.15, 0.2) is 0 Å². The van der Waals surface area contributed by atoms with Crippen LogP contribution in [0.25, 0.3) is 15.9 Å². The zero-order valence-corrected chi connectivity index (χ0v) is 17.8. The summed E-state index contributed by atoms with van der Waals surface area (Å²) in [4.78, 5) is 36.1. The standard InChI is InChI=1S/C22H20N6O3S/c29-13-31-17-4-6-21(30)28(12-17)16-3-5-20(23-10-16)25-14-1-2-15(9-14)26-22-24-11-19-18(27-22)7-8-32-19/h3-8,10-15H,1-2,9H2,(H,23,25)(H,24,26,27)/t14-,15-/m0/s1. The molecule has 32 heavy (non-hydrogen) atoms. The molecule has 2 atom stereocenters. The van der Waals surface area contributed by atoms with Crippen LogP contribution >= 0.6 is 11.3 Å². The number of anilines is 2. The van der Waals surface area contributed by atoms with E-state index in [9.17, 15) is 9.59 Å². The summed E-state index contributed by atoms with van der Waals surface area (Å²) in [5.74, 6) is 1.69. The quantitative estimate of drug-likeness (QED) is 0.415. The Balaban J connectivity index is 1.21. The molecule has 0 radical (unpaired) electrons. The Labute approximate surface area is 187 Å². The summed E-state index contributed by atoms with van der Waals surface area (Å²) in [6.45, 7) is 0.325. The molecule has 0 amide bonds. The molecule has 0 aromatic carbocycles. The number of carbonyl (C=O) groups excluding carboxylic acids is 1. The Kier molecular flexibility index (Phi) is 5.51. The third-order valence-electron chi connectivity index (χ3n) is 5.42. The summed E-state index contributed by atoms with van der Waals surface area (Å²) in [7, 11) is 0. The number of pyridine rings is 2. The Morgan fingerprint density at radius 2 is 1.94 bits per heavy atom. The van der Waals surface area contributed by atoms with Crippen molar-refractivity contribution in [3.05, 3.63) is 64.7 Å². The Morgan fingerprint density at radius 3 is 2.75 bits per heavy atom. The monoisotopic (exact) mass is 448 g/mol. The summed E-state index contributed by atoms with van der Waals surface area (Å²) in [6.07, 6.45) is 7.88. The first-order valence-corrected chi connectivity index (χ1v) is 11.1. The molecule has 0 bridgehead atoms. The van der Waals surface area contributed by atoms with Gasteiger partial charge in [0, 0.05) is 18.2 Å². The van der Waals surface area contributed by atoms with Gasteiger partial charge in [0.1, 0.15) is 11.6 Å². The number of nitrogens with one attached hydrogen (secondary N) is 2. The van der Waals surface area contributed by atoms with Gasteiger partial charge in [0.2, 0.25) is 5.95 Å². The SMILES string of the molecule is O=COc1ccc(=O)n(-c2ccc(N[C@H]3CC[C@H](Nc4ncc5sccc5n4)C3)nc2)c1. The number of ether oxygens (including phenoxy) is 1. The number of thiophene rings is 1. The van der Waals surface area contributed by atoms with E-state index in [2.05, 4.69) is 25.6 Å². The molecule has 1 saturated carbocycles. The number of rotatable bonds is 7. The second-order valence-electron chi connectivity index (χ2n) is 7.55. The largest absolute Gasteiger partial charge is 0.427 e. The van der Waals surface area contributed by atoms with Crippen LogP contribution in [0, 0.1) is 0 Å². The molecule has 9 nitrogen and oxygen atoms in total. The lowest BCUT2D eigenvalue weighted by Crippen LogP contribution is -2.22. The highest BCUT2D eigenvalue weighted by atomic mass is 32.1. The minimum absolute atomic E-state index is 0.238. The Hall–Kier alpha value is -3.79. The van der Waals surface area contributed by atoms with Crippen molar-refractivity contribution in [1.82, 2.24) is 19.5 Å². The van der Waals surface area contributed by atoms with Gasteiger partial charge in [-0.2, -0.15) is 0 Å². The van der Waals surface area contributed by atoms with Gasteiger partial charge in [-0.1, -0.05) is 0 Å². The van der Waals surface area contributed by atoms with E-state index in [0.29, 0.717) is 24.1 Å². The van der Waals surface area contributed by atoms with Crippen LogP contribution in [0.3, 0.4) is 0 Å². The van der Waals surface area contributed by atoms with Crippen molar-refractivity contribution in [2.24, 2.45) is 0 Å². The predicted octanol–water partition coefficient (Wildman–Crippen LogP) is 3.22. The molecule has 5 rings (SSSR count). The highest BCUT2D eigenvalue weighted by molar-refractivity contribution is 7.17. The number of carbonyl (C=O) groups is 1. The summed E-state index contributed by atoms with van der Waals surface area (Å²) in [6, 6.07) is 9.01. The molecule has 4 aromatic heterocycles. The van der Waals surface area contributed by atoms with Crippen molar-refractivity contribution in [1.29, 1.82) is 0 Å². The lowest BCUT2D eigenvalue weighted by molar-refractivity contribution is -0.120. The van der Waals surface area contributed by atoms with E-state index in [-0.39, 0.29) is 17.4 Å². The number of nitrogens with zero attached hydrogens (tertiary/aromatic N) is 4. The van der Waals surface area contributed by atoms with Crippen LogP contribution in [0.2, 0.25) is 0 Å². The maximum Gasteiger partial charge on any atom is 0.298 e. The van der Waals surface area contributed by atoms with Crippen molar-refractivity contribution < 1.29 is 9.53 Å². The van der Waals surface area contributed by atoms with E-state index >= 15 is 0 Å². The average molecular weight is 449 g/mol. The minimum Gasteiger partial charge on any atom is -0.427 e. The van der Waals surface area contributed by atoms with Crippen molar-refractivity contribution in [3.63, 3.8) is 0 Å². The van der Waals surface area contributed by atoms with Gasteiger partial charge in [0.25, 0.3) is 12.0 Å². The molecule has 0 spiro atoms. The lowest BCUT2D eigenvalue weighted by Gasteiger charge is -2.15. The van der Waals surface area contributed by atoms with E-state index in [0.717, 1.165) is 35.3 Å². The maximum atomic E-state index is 12.1. The van der Waals surface area contributed by atoms with Crippen molar-refractivity contribution in [2.45, 2.75) is 31.3 Å². The molecule has 10 heteroatoms. The Bertz CT molecular complexity index is 1300. The number of hydrogen-bond acceptors (Lipinski definition) is 9. The summed E-state index contributed by atoms with van der Waals surface area (Å²) >= 11 is 1.63. The molecule has 4 heterocycles. The number of hydrogen-bond donors (Lipinski definition) is 2. The zero-order chi connectivity index (χ0) is 21.9. The Morgan fingerprint density at radius 1 is 1.06 bits per heavy atom. The molecular weight excluding hydrogens is 428 g/mol. The van der Waals surface area contributed by atoms with Gasteiger partial charge in [-0.25, -0.2) is 15.0 Å². The fourth-order valence-electron chi connectivity index (χ4n) is 3.88. The highest BCUT2D eigenvalue weighted by Gasteiger charge is 2.25. The van der Waals surface area contributed by atoms with Gasteiger partial charge in [0.05, 0.1) is 34.5 Å². The van der Waals surface area contributed by atoms with Gasteiger partial charge >= 0.3 is 0 Å². The van der Waals surface area contributed by atoms with Crippen LogP contribution in [-0.2, 0) is 4.79 Å². The van der Waals surface area contributed by atoms with Gasteiger partial charge in [-0.3, -0.25) is 14.2 Å². The third-order valence-corrected chi connectivity index (χ3v) is 6.26. The van der Waals surface area contributed by atoms with Gasteiger partial charge in [-0.05, 0) is 48.9 Å². The fourth-order valence-corrected chi connectivity index (χ4v) is 4.57. The molecule has 1 aliphatic rings. The topological polar surface area (TPSA) is 111 Å². The second-order valence-corrected chi connectivity index (χ2v) is 8.50. The summed E-state index contributed by atoms with van der Waals surface area (Å²) < 4.78 is 7.29. The molecule has 0 aliphatic heterocycles. The van der Waals surface area contributed by atoms with Crippen molar-refractivity contribution in [3.8, 4) is 11.4 Å². The molecule has 0 unspecified atom stereocenters. The molecule has 1 fully saturated rings. The van der Waals surface area contributed by atoms with Gasteiger partial charge < -0.3 is 15.4 Å². The second kappa shape index (κ2) is 8.75. The third kappa shape index (κ3) is 4.30. The van der Waals surface area contributed by atoms with E-state index < -0.39 is 0 Å². The van der Waals surface area contributed by atoms with Crippen LogP contribution in [0.15, 0.2) is 59.1 Å². The smallest absolute Gasteiger partial charge is 0.298 e. The van der Waals surface area contributed by atoms with E-state index in [4.69, 9.17) is 4.74 Å². The van der Waals surface area contributed by atoms with E-state index in [1.807, 2.05) is 23.7 Å². The van der Waals surface area contributed by atoms with Crippen LogP contribution < -0.4 is 20.9 Å². The first-order valence-electron chi connectivity index (χ1n) is 10.2. The summed E-state index contributed by atoms with van der Waals surface area (Å²) in [5, 5.41) is 8.91. The van der Waals surface area contributed by atoms with E-state index in [1.54, 1.807) is 23.6 Å². The summed E-state index contributed by atoms with van der Waals surface area (Å²) in [5.41, 5.74) is 1.31. The fraction of sp³-hybridized carbons (Fsp3) is 0.227. The maximum absolute atomic E-state index is 12.1. The molecule has 2 N–H and O–H groups in total. The zero-order valence-electron chi connectivity index (χ0n) is 17.0. The molecule has 0 saturated heterocycles. The van der Waals surface area contributed by atoms with Crippen molar-refractivity contribution in [2.75, 3.05) is 10.6 Å². The molecule has 162 valence electrons. The van der Waals surface area contributed by atoms with Crippen LogP contribution in [0.1, 0.15) is 19.3 Å². The molecule has 1 aliphatic carbocycles. The average Bonchev–Trinajstić information content (AvgIpc) is 3.45. The molecular formula is C22H20N6O3S. The normalized spacial score (nSPS) is 17.9. The minimum atomic E-state index is -0.238. The van der Waals surface area contributed by atoms with Crippen LogP contribution in [-0.4, -0.2) is 38.1 Å². The number of aromatic nitrogens is 4. The van der Waals surface area contributed by atoms with Crippen molar-refractivity contribution >= 4 is 39.8 Å². The van der Waals surface area contributed by atoms with Crippen LogP contribution in [0.4, 0.5) is 11.8 Å². The predicted molar refractivity (Wildman–Crippen MR) is 123 cm³/mol. The highest BCUT2D eigenvalue weighted by Crippen LogP contribution is 2.26. The lowest BCUT2D eigenvalue weighted by atomic mass is 10.2. The van der Waals surface area contributed by atoms with Crippen LogP contribution in [0.5, 0.6) is 5.75 Å². The first-order chi connectivity index (χ1) is 15.7. The number of fused-ring (bicyclic) bond motifs is 1. The van der Waals surface area contributed by atoms with Gasteiger partial charge in [-0.15, -0.1) is 11.3 Å². The molecule has 4 aromatic rings. The first kappa shape index (κ1) is 20.1. The van der Waals surface area contributed by atoms with E-state index in [1.165, 1.54) is 22.9 Å².